The van der Waals surface area contributed by atoms with Gasteiger partial charge in [-0.3, -0.25) is 10.2 Å². The van der Waals surface area contributed by atoms with Crippen molar-refractivity contribution < 1.29 is 4.79 Å². The molecule has 0 spiro atoms. The standard InChI is InChI=1S/C27H24N2O.C2H6.CH4/c1-21-17-19-22(20-18-21)26(30)28-29-27(23-11-5-2-6-12-23,24-13-7-3-8-14-24)25-15-9-4-10-16-25;1-2;/h2-20,29H,1H3,(H,28,30);1-2H3;1H4. The Hall–Kier alpha value is -3.69. The first-order chi connectivity index (χ1) is 15.7. The van der Waals surface area contributed by atoms with Crippen molar-refractivity contribution >= 4 is 5.91 Å². The molecule has 4 aromatic rings. The molecule has 0 bridgehead atoms. The molecular formula is C30H34N2O. The summed E-state index contributed by atoms with van der Waals surface area (Å²) in [6.45, 7) is 6.01. The first-order valence-corrected chi connectivity index (χ1v) is 11.0. The van der Waals surface area contributed by atoms with Crippen LogP contribution in [0.25, 0.3) is 0 Å². The summed E-state index contributed by atoms with van der Waals surface area (Å²) in [6, 6.07) is 38.1. The molecule has 4 rings (SSSR count). The zero-order valence-electron chi connectivity index (χ0n) is 18.9. The predicted octanol–water partition coefficient (Wildman–Crippen LogP) is 6.88. The summed E-state index contributed by atoms with van der Waals surface area (Å²) in [5, 5.41) is 0. The fraction of sp³-hybridized carbons (Fsp3) is 0.167. The van der Waals surface area contributed by atoms with Gasteiger partial charge in [0.25, 0.3) is 5.91 Å². The number of carbonyl (C=O) groups is 1. The highest BCUT2D eigenvalue weighted by atomic mass is 16.2. The molecule has 1 amide bonds. The maximum Gasteiger partial charge on any atom is 0.265 e. The van der Waals surface area contributed by atoms with E-state index in [9.17, 15) is 4.79 Å². The molecule has 4 aromatic carbocycles. The van der Waals surface area contributed by atoms with Crippen molar-refractivity contribution in [2.75, 3.05) is 0 Å². The Labute approximate surface area is 198 Å². The van der Waals surface area contributed by atoms with E-state index in [2.05, 4.69) is 47.2 Å². The number of hydrogen-bond donors (Lipinski definition) is 2. The molecular weight excluding hydrogens is 404 g/mol. The van der Waals surface area contributed by atoms with Crippen LogP contribution in [0.2, 0.25) is 0 Å². The normalized spacial score (nSPS) is 10.3. The molecule has 0 aliphatic rings. The Bertz CT molecular complexity index is 996. The summed E-state index contributed by atoms with van der Waals surface area (Å²) >= 11 is 0. The molecule has 0 unspecified atom stereocenters. The van der Waals surface area contributed by atoms with Gasteiger partial charge in [-0.1, -0.05) is 130 Å². The Balaban J connectivity index is 0.00000125. The van der Waals surface area contributed by atoms with Gasteiger partial charge in [0, 0.05) is 5.56 Å². The quantitative estimate of drug-likeness (QED) is 0.254. The minimum absolute atomic E-state index is 0. The monoisotopic (exact) mass is 438 g/mol. The number of rotatable bonds is 6. The number of carbonyl (C=O) groups excluding carboxylic acids is 1. The van der Waals surface area contributed by atoms with E-state index in [1.165, 1.54) is 0 Å². The lowest BCUT2D eigenvalue weighted by Crippen LogP contribution is -2.53. The lowest BCUT2D eigenvalue weighted by molar-refractivity contribution is 0.0918. The zero-order valence-corrected chi connectivity index (χ0v) is 18.9. The molecule has 3 heteroatoms. The van der Waals surface area contributed by atoms with Crippen LogP contribution >= 0.6 is 0 Å². The van der Waals surface area contributed by atoms with Gasteiger partial charge in [0.05, 0.1) is 0 Å². The van der Waals surface area contributed by atoms with Crippen LogP contribution in [0.15, 0.2) is 115 Å². The van der Waals surface area contributed by atoms with Gasteiger partial charge in [-0.15, -0.1) is 0 Å². The van der Waals surface area contributed by atoms with E-state index in [1.54, 1.807) is 0 Å². The predicted molar refractivity (Wildman–Crippen MR) is 139 cm³/mol. The maximum atomic E-state index is 12.9. The maximum absolute atomic E-state index is 12.9. The number of amides is 1. The first-order valence-electron chi connectivity index (χ1n) is 11.0. The van der Waals surface area contributed by atoms with Gasteiger partial charge in [0.2, 0.25) is 0 Å². The summed E-state index contributed by atoms with van der Waals surface area (Å²) in [6.07, 6.45) is 0. The Kier molecular flexibility index (Phi) is 9.59. The minimum atomic E-state index is -0.746. The number of benzene rings is 4. The number of hydrazine groups is 1. The molecule has 0 aliphatic carbocycles. The van der Waals surface area contributed by atoms with Crippen LogP contribution in [0, 0.1) is 6.92 Å². The van der Waals surface area contributed by atoms with Crippen LogP contribution < -0.4 is 10.9 Å². The molecule has 0 atom stereocenters. The molecule has 0 aliphatic heterocycles. The molecule has 0 aromatic heterocycles. The van der Waals surface area contributed by atoms with Crippen molar-refractivity contribution in [3.05, 3.63) is 143 Å². The highest BCUT2D eigenvalue weighted by Crippen LogP contribution is 2.36. The fourth-order valence-electron chi connectivity index (χ4n) is 3.71. The molecule has 33 heavy (non-hydrogen) atoms. The van der Waals surface area contributed by atoms with E-state index >= 15 is 0 Å². The second kappa shape index (κ2) is 12.4. The van der Waals surface area contributed by atoms with Gasteiger partial charge in [-0.2, -0.15) is 0 Å². The highest BCUT2D eigenvalue weighted by molar-refractivity contribution is 5.94. The first kappa shape index (κ1) is 25.6. The van der Waals surface area contributed by atoms with Gasteiger partial charge in [0.15, 0.2) is 0 Å². The average Bonchev–Trinajstić information content (AvgIpc) is 2.88. The van der Waals surface area contributed by atoms with Crippen molar-refractivity contribution in [3.8, 4) is 0 Å². The van der Waals surface area contributed by atoms with Crippen LogP contribution in [0.4, 0.5) is 0 Å². The smallest absolute Gasteiger partial charge is 0.265 e. The van der Waals surface area contributed by atoms with Crippen LogP contribution in [0.3, 0.4) is 0 Å². The van der Waals surface area contributed by atoms with Crippen molar-refractivity contribution in [2.24, 2.45) is 0 Å². The Morgan fingerprint density at radius 2 is 0.970 bits per heavy atom. The third-order valence-electron chi connectivity index (χ3n) is 5.30. The second-order valence-electron chi connectivity index (χ2n) is 7.29. The summed E-state index contributed by atoms with van der Waals surface area (Å²) in [5.41, 5.74) is 10.4. The van der Waals surface area contributed by atoms with Crippen molar-refractivity contribution in [2.45, 2.75) is 33.7 Å². The largest absolute Gasteiger partial charge is 0.286 e. The van der Waals surface area contributed by atoms with Gasteiger partial charge >= 0.3 is 0 Å². The summed E-state index contributed by atoms with van der Waals surface area (Å²) in [4.78, 5) is 12.9. The van der Waals surface area contributed by atoms with Crippen LogP contribution in [0.5, 0.6) is 0 Å². The minimum Gasteiger partial charge on any atom is -0.286 e. The molecule has 0 radical (unpaired) electrons. The summed E-state index contributed by atoms with van der Waals surface area (Å²) in [5.74, 6) is -0.179. The van der Waals surface area contributed by atoms with Crippen LogP contribution in [0.1, 0.15) is 53.9 Å². The van der Waals surface area contributed by atoms with E-state index in [0.29, 0.717) is 5.56 Å². The van der Waals surface area contributed by atoms with Gasteiger partial charge < -0.3 is 0 Å². The van der Waals surface area contributed by atoms with E-state index in [-0.39, 0.29) is 13.3 Å². The van der Waals surface area contributed by atoms with E-state index < -0.39 is 5.54 Å². The molecule has 0 saturated carbocycles. The van der Waals surface area contributed by atoms with Crippen molar-refractivity contribution in [1.82, 2.24) is 10.9 Å². The molecule has 0 saturated heterocycles. The number of aryl methyl sites for hydroxylation is 1. The second-order valence-corrected chi connectivity index (χ2v) is 7.29. The fourth-order valence-corrected chi connectivity index (χ4v) is 3.71. The number of hydrogen-bond acceptors (Lipinski definition) is 2. The van der Waals surface area contributed by atoms with Gasteiger partial charge in [0.1, 0.15) is 5.54 Å². The Morgan fingerprint density at radius 3 is 1.33 bits per heavy atom. The van der Waals surface area contributed by atoms with Gasteiger partial charge in [-0.25, -0.2) is 5.43 Å². The SMILES string of the molecule is C.CC.Cc1ccc(C(=O)NNC(c2ccccc2)(c2ccccc2)c2ccccc2)cc1. The van der Waals surface area contributed by atoms with E-state index in [1.807, 2.05) is 99.6 Å². The third-order valence-corrected chi connectivity index (χ3v) is 5.30. The topological polar surface area (TPSA) is 41.1 Å². The van der Waals surface area contributed by atoms with Crippen molar-refractivity contribution in [3.63, 3.8) is 0 Å². The molecule has 0 heterocycles. The molecule has 3 nitrogen and oxygen atoms in total. The zero-order chi connectivity index (χ0) is 22.8. The third kappa shape index (κ3) is 5.76. The van der Waals surface area contributed by atoms with Gasteiger partial charge in [-0.05, 0) is 35.7 Å². The van der Waals surface area contributed by atoms with E-state index in [4.69, 9.17) is 0 Å². The average molecular weight is 439 g/mol. The van der Waals surface area contributed by atoms with Crippen molar-refractivity contribution in [1.29, 1.82) is 0 Å². The molecule has 0 fully saturated rings. The molecule has 2 N–H and O–H groups in total. The number of nitrogens with one attached hydrogen (secondary N) is 2. The summed E-state index contributed by atoms with van der Waals surface area (Å²) < 4.78 is 0. The van der Waals surface area contributed by atoms with Crippen LogP contribution in [-0.2, 0) is 5.54 Å². The highest BCUT2D eigenvalue weighted by Gasteiger charge is 2.36. The lowest BCUT2D eigenvalue weighted by atomic mass is 9.77. The lowest BCUT2D eigenvalue weighted by Gasteiger charge is -2.37. The van der Waals surface area contributed by atoms with Crippen LogP contribution in [-0.4, -0.2) is 5.91 Å². The Morgan fingerprint density at radius 1 is 0.606 bits per heavy atom. The summed E-state index contributed by atoms with van der Waals surface area (Å²) in [7, 11) is 0. The molecule has 170 valence electrons. The van der Waals surface area contributed by atoms with E-state index in [0.717, 1.165) is 22.3 Å².